The minimum absolute atomic E-state index is 0. The Morgan fingerprint density at radius 2 is 2.50 bits per heavy atom. The first-order valence-electron chi connectivity index (χ1n) is 5.05. The van der Waals surface area contributed by atoms with Crippen LogP contribution in [-0.2, 0) is 0 Å². The number of likely N-dealkylation sites (N-methyl/N-ethyl adjacent to an activating group) is 1. The summed E-state index contributed by atoms with van der Waals surface area (Å²) in [5.74, 6) is 0.00343. The predicted octanol–water partition coefficient (Wildman–Crippen LogP) is 0.784. The molecule has 1 aromatic heterocycles. The number of hydrogen-bond donors (Lipinski definition) is 1. The maximum atomic E-state index is 11.9. The predicted molar refractivity (Wildman–Crippen MR) is 65.1 cm³/mol. The third-order valence-electron chi connectivity index (χ3n) is 2.70. The molecule has 0 spiro atoms. The number of piperidine rings is 1. The number of amides is 1. The van der Waals surface area contributed by atoms with Crippen molar-refractivity contribution in [1.29, 1.82) is 0 Å². The van der Waals surface area contributed by atoms with Gasteiger partial charge in [-0.3, -0.25) is 4.79 Å². The van der Waals surface area contributed by atoms with E-state index in [1.54, 1.807) is 0 Å². The molecule has 1 N–H and O–H groups in total. The Kier molecular flexibility index (Phi) is 5.11. The van der Waals surface area contributed by atoms with Gasteiger partial charge in [0, 0.05) is 19.1 Å². The maximum absolute atomic E-state index is 11.9. The van der Waals surface area contributed by atoms with Gasteiger partial charge >= 0.3 is 0 Å². The summed E-state index contributed by atoms with van der Waals surface area (Å²) in [6.07, 6.45) is 3.72. The van der Waals surface area contributed by atoms with Gasteiger partial charge in [0.15, 0.2) is 5.69 Å². The highest BCUT2D eigenvalue weighted by molar-refractivity contribution is 6.99. The molecule has 0 bridgehead atoms. The van der Waals surface area contributed by atoms with Gasteiger partial charge in [0.1, 0.15) is 0 Å². The highest BCUT2D eigenvalue weighted by Gasteiger charge is 2.24. The van der Waals surface area contributed by atoms with Crippen molar-refractivity contribution in [2.75, 3.05) is 20.1 Å². The molecule has 1 amide bonds. The van der Waals surface area contributed by atoms with Crippen molar-refractivity contribution >= 4 is 30.0 Å². The number of hydrogen-bond acceptors (Lipinski definition) is 5. The van der Waals surface area contributed by atoms with Gasteiger partial charge in [0.2, 0.25) is 0 Å². The molecule has 5 nitrogen and oxygen atoms in total. The van der Waals surface area contributed by atoms with Crippen molar-refractivity contribution in [2.24, 2.45) is 0 Å². The highest BCUT2D eigenvalue weighted by Crippen LogP contribution is 2.12. The van der Waals surface area contributed by atoms with Crippen LogP contribution < -0.4 is 5.32 Å². The van der Waals surface area contributed by atoms with E-state index in [9.17, 15) is 4.79 Å². The molecule has 16 heavy (non-hydrogen) atoms. The Labute approximate surface area is 105 Å². The molecule has 1 unspecified atom stereocenters. The number of aromatic nitrogens is 2. The molecule has 7 heteroatoms. The van der Waals surface area contributed by atoms with E-state index in [-0.39, 0.29) is 18.3 Å². The summed E-state index contributed by atoms with van der Waals surface area (Å²) in [5.41, 5.74) is 0.469. The molecule has 0 aliphatic carbocycles. The van der Waals surface area contributed by atoms with Gasteiger partial charge in [-0.05, 0) is 19.9 Å². The Bertz CT molecular complexity index is 332. The first-order chi connectivity index (χ1) is 7.31. The average molecular weight is 263 g/mol. The van der Waals surface area contributed by atoms with Crippen molar-refractivity contribution in [2.45, 2.75) is 18.9 Å². The van der Waals surface area contributed by atoms with Crippen LogP contribution in [0, 0.1) is 0 Å². The van der Waals surface area contributed by atoms with Crippen LogP contribution in [0.3, 0.4) is 0 Å². The minimum Gasteiger partial charge on any atom is -0.336 e. The molecule has 1 saturated heterocycles. The summed E-state index contributed by atoms with van der Waals surface area (Å²) in [5, 5.41) is 3.21. The monoisotopic (exact) mass is 262 g/mol. The summed E-state index contributed by atoms with van der Waals surface area (Å²) in [6, 6.07) is 0.411. The van der Waals surface area contributed by atoms with Crippen molar-refractivity contribution in [3.8, 4) is 0 Å². The number of nitrogens with zero attached hydrogens (tertiary/aromatic N) is 3. The zero-order chi connectivity index (χ0) is 10.7. The Balaban J connectivity index is 0.00000128. The fourth-order valence-corrected chi connectivity index (χ4v) is 2.23. The largest absolute Gasteiger partial charge is 0.336 e. The van der Waals surface area contributed by atoms with Crippen molar-refractivity contribution in [1.82, 2.24) is 19.0 Å². The van der Waals surface area contributed by atoms with E-state index in [2.05, 4.69) is 14.1 Å². The van der Waals surface area contributed by atoms with E-state index in [1.807, 2.05) is 11.9 Å². The molecule has 0 saturated carbocycles. The van der Waals surface area contributed by atoms with Crippen LogP contribution in [0.15, 0.2) is 6.20 Å². The SMILES string of the molecule is CNC1CCCN(C(=O)c2cnsn2)C1.Cl. The van der Waals surface area contributed by atoms with Gasteiger partial charge < -0.3 is 10.2 Å². The smallest absolute Gasteiger partial charge is 0.275 e. The first-order valence-corrected chi connectivity index (χ1v) is 5.78. The number of likely N-dealkylation sites (tertiary alicyclic amines) is 1. The number of rotatable bonds is 2. The first kappa shape index (κ1) is 13.3. The van der Waals surface area contributed by atoms with Crippen LogP contribution in [0.1, 0.15) is 23.3 Å². The van der Waals surface area contributed by atoms with Gasteiger partial charge in [-0.2, -0.15) is 8.75 Å². The summed E-state index contributed by atoms with van der Waals surface area (Å²) < 4.78 is 7.81. The molecule has 1 aliphatic rings. The van der Waals surface area contributed by atoms with Crippen LogP contribution in [-0.4, -0.2) is 45.7 Å². The number of nitrogens with one attached hydrogen (secondary N) is 1. The van der Waals surface area contributed by atoms with Crippen LogP contribution in [0.2, 0.25) is 0 Å². The fraction of sp³-hybridized carbons (Fsp3) is 0.667. The third kappa shape index (κ3) is 2.90. The summed E-state index contributed by atoms with van der Waals surface area (Å²) >= 11 is 1.08. The molecule has 0 radical (unpaired) electrons. The second-order valence-corrected chi connectivity index (χ2v) is 4.23. The van der Waals surface area contributed by atoms with E-state index < -0.39 is 0 Å². The number of carbonyl (C=O) groups is 1. The van der Waals surface area contributed by atoms with Gasteiger partial charge in [0.25, 0.3) is 5.91 Å². The second-order valence-electron chi connectivity index (χ2n) is 3.67. The zero-order valence-corrected chi connectivity index (χ0v) is 10.7. The van der Waals surface area contributed by atoms with E-state index >= 15 is 0 Å². The molecule has 1 aromatic rings. The minimum atomic E-state index is 0. The van der Waals surface area contributed by atoms with Crippen LogP contribution in [0.5, 0.6) is 0 Å². The molecule has 90 valence electrons. The van der Waals surface area contributed by atoms with Crippen molar-refractivity contribution < 1.29 is 4.79 Å². The molecule has 2 heterocycles. The Hall–Kier alpha value is -0.720. The molecule has 2 rings (SSSR count). The van der Waals surface area contributed by atoms with Gasteiger partial charge in [0.05, 0.1) is 17.9 Å². The van der Waals surface area contributed by atoms with Crippen LogP contribution >= 0.6 is 24.1 Å². The lowest BCUT2D eigenvalue weighted by molar-refractivity contribution is 0.0693. The summed E-state index contributed by atoms with van der Waals surface area (Å²) in [7, 11) is 1.93. The van der Waals surface area contributed by atoms with Gasteiger partial charge in [-0.15, -0.1) is 12.4 Å². The quantitative estimate of drug-likeness (QED) is 0.856. The second kappa shape index (κ2) is 6.12. The summed E-state index contributed by atoms with van der Waals surface area (Å²) in [6.45, 7) is 1.60. The van der Waals surface area contributed by atoms with E-state index in [0.717, 1.165) is 37.7 Å². The molecule has 1 atom stereocenters. The third-order valence-corrected chi connectivity index (χ3v) is 3.18. The summed E-state index contributed by atoms with van der Waals surface area (Å²) in [4.78, 5) is 13.8. The number of carbonyl (C=O) groups excluding carboxylic acids is 1. The average Bonchev–Trinajstić information content (AvgIpc) is 2.81. The zero-order valence-electron chi connectivity index (χ0n) is 9.05. The topological polar surface area (TPSA) is 58.1 Å². The standard InChI is InChI=1S/C9H14N4OS.ClH/c1-10-7-3-2-4-13(6-7)9(14)8-5-11-15-12-8;/h5,7,10H,2-4,6H2,1H3;1H. The molecular formula is C9H15ClN4OS. The lowest BCUT2D eigenvalue weighted by Crippen LogP contribution is -2.47. The number of halogens is 1. The highest BCUT2D eigenvalue weighted by atomic mass is 35.5. The van der Waals surface area contributed by atoms with Crippen molar-refractivity contribution in [3.05, 3.63) is 11.9 Å². The fourth-order valence-electron chi connectivity index (χ4n) is 1.82. The lowest BCUT2D eigenvalue weighted by atomic mass is 10.1. The Morgan fingerprint density at radius 3 is 3.12 bits per heavy atom. The molecule has 0 aromatic carbocycles. The van der Waals surface area contributed by atoms with Crippen LogP contribution in [0.4, 0.5) is 0 Å². The van der Waals surface area contributed by atoms with Gasteiger partial charge in [-0.1, -0.05) is 0 Å². The van der Waals surface area contributed by atoms with E-state index in [1.165, 1.54) is 6.20 Å². The molecule has 1 aliphatic heterocycles. The maximum Gasteiger partial charge on any atom is 0.275 e. The molecule has 1 fully saturated rings. The van der Waals surface area contributed by atoms with Crippen molar-refractivity contribution in [3.63, 3.8) is 0 Å². The normalized spacial score (nSPS) is 20.3. The van der Waals surface area contributed by atoms with E-state index in [4.69, 9.17) is 0 Å². The van der Waals surface area contributed by atoms with E-state index in [0.29, 0.717) is 11.7 Å². The van der Waals surface area contributed by atoms with Crippen LogP contribution in [0.25, 0.3) is 0 Å². The molecular weight excluding hydrogens is 248 g/mol. The Morgan fingerprint density at radius 1 is 1.69 bits per heavy atom. The lowest BCUT2D eigenvalue weighted by Gasteiger charge is -2.31. The van der Waals surface area contributed by atoms with Gasteiger partial charge in [-0.25, -0.2) is 0 Å².